The van der Waals surface area contributed by atoms with Gasteiger partial charge in [-0.2, -0.15) is 11.3 Å². The first-order valence-electron chi connectivity index (χ1n) is 9.05. The van der Waals surface area contributed by atoms with E-state index in [0.717, 1.165) is 18.7 Å². The Morgan fingerprint density at radius 3 is 2.46 bits per heavy atom. The molecule has 0 saturated carbocycles. The van der Waals surface area contributed by atoms with Crippen molar-refractivity contribution in [2.75, 3.05) is 25.0 Å². The van der Waals surface area contributed by atoms with Crippen molar-refractivity contribution < 1.29 is 9.59 Å². The van der Waals surface area contributed by atoms with Crippen LogP contribution in [0.25, 0.3) is 0 Å². The molecule has 1 aliphatic rings. The average Bonchev–Trinajstić information content (AvgIpc) is 3.19. The summed E-state index contributed by atoms with van der Waals surface area (Å²) in [6, 6.07) is 9.61. The summed E-state index contributed by atoms with van der Waals surface area (Å²) in [5.74, 6) is -1.22. The highest BCUT2D eigenvalue weighted by Gasteiger charge is 2.24. The van der Waals surface area contributed by atoms with Gasteiger partial charge in [0.25, 0.3) is 0 Å². The molecule has 0 radical (unpaired) electrons. The van der Waals surface area contributed by atoms with Crippen LogP contribution in [0.1, 0.15) is 36.4 Å². The molecule has 1 atom stereocenters. The Balaban J connectivity index is 1.58. The van der Waals surface area contributed by atoms with Crippen molar-refractivity contribution >= 4 is 28.8 Å². The third-order valence-corrected chi connectivity index (χ3v) is 5.43. The van der Waals surface area contributed by atoms with Crippen molar-refractivity contribution in [2.45, 2.75) is 32.2 Å². The Bertz CT molecular complexity index is 722. The molecular weight excluding hydrogens is 346 g/mol. The van der Waals surface area contributed by atoms with Crippen LogP contribution in [0.5, 0.6) is 0 Å². The van der Waals surface area contributed by atoms with Crippen molar-refractivity contribution in [1.29, 1.82) is 0 Å². The second-order valence-corrected chi connectivity index (χ2v) is 7.48. The molecule has 1 fully saturated rings. The first-order chi connectivity index (χ1) is 12.6. The molecule has 2 aromatic rings. The van der Waals surface area contributed by atoms with Crippen LogP contribution in [0, 0.1) is 6.92 Å². The van der Waals surface area contributed by atoms with Crippen molar-refractivity contribution in [3.8, 4) is 0 Å². The molecule has 1 aromatic carbocycles. The summed E-state index contributed by atoms with van der Waals surface area (Å²) in [5, 5.41) is 9.63. The number of hydrogen-bond acceptors (Lipinski definition) is 4. The highest BCUT2D eigenvalue weighted by atomic mass is 32.1. The lowest BCUT2D eigenvalue weighted by Crippen LogP contribution is -2.43. The van der Waals surface area contributed by atoms with E-state index in [1.54, 1.807) is 23.5 Å². The predicted octanol–water partition coefficient (Wildman–Crippen LogP) is 3.34. The normalized spacial score (nSPS) is 16.0. The molecular formula is C20H25N3O2S. The zero-order chi connectivity index (χ0) is 18.4. The number of nitrogens with zero attached hydrogens (tertiary/aromatic N) is 1. The summed E-state index contributed by atoms with van der Waals surface area (Å²) >= 11 is 1.66. The van der Waals surface area contributed by atoms with E-state index in [-0.39, 0.29) is 6.04 Å². The maximum absolute atomic E-state index is 12.2. The van der Waals surface area contributed by atoms with Crippen LogP contribution in [0.2, 0.25) is 0 Å². The number of carbonyl (C=O) groups is 2. The molecule has 0 bridgehead atoms. The monoisotopic (exact) mass is 371 g/mol. The minimum absolute atomic E-state index is 0.123. The van der Waals surface area contributed by atoms with Crippen LogP contribution in [-0.2, 0) is 9.59 Å². The van der Waals surface area contributed by atoms with Gasteiger partial charge >= 0.3 is 11.8 Å². The Kier molecular flexibility index (Phi) is 6.41. The number of rotatable bonds is 5. The molecule has 1 aromatic heterocycles. The third-order valence-electron chi connectivity index (χ3n) is 4.73. The van der Waals surface area contributed by atoms with Gasteiger partial charge in [-0.15, -0.1) is 0 Å². The van der Waals surface area contributed by atoms with E-state index < -0.39 is 11.8 Å². The molecule has 5 nitrogen and oxygen atoms in total. The molecule has 26 heavy (non-hydrogen) atoms. The van der Waals surface area contributed by atoms with Crippen LogP contribution in [0.15, 0.2) is 41.1 Å². The summed E-state index contributed by atoms with van der Waals surface area (Å²) in [4.78, 5) is 26.8. The van der Waals surface area contributed by atoms with E-state index in [9.17, 15) is 9.59 Å². The third kappa shape index (κ3) is 4.93. The van der Waals surface area contributed by atoms with E-state index in [4.69, 9.17) is 0 Å². The molecule has 1 unspecified atom stereocenters. The number of amides is 2. The van der Waals surface area contributed by atoms with E-state index in [1.807, 2.05) is 19.1 Å². The Morgan fingerprint density at radius 1 is 1.08 bits per heavy atom. The Morgan fingerprint density at radius 2 is 1.81 bits per heavy atom. The Labute approximate surface area is 158 Å². The first kappa shape index (κ1) is 18.6. The lowest BCUT2D eigenvalue weighted by Gasteiger charge is -2.34. The average molecular weight is 372 g/mol. The summed E-state index contributed by atoms with van der Waals surface area (Å²) in [5.41, 5.74) is 2.94. The quantitative estimate of drug-likeness (QED) is 0.793. The van der Waals surface area contributed by atoms with E-state index >= 15 is 0 Å². The molecule has 2 heterocycles. The molecule has 1 saturated heterocycles. The summed E-state index contributed by atoms with van der Waals surface area (Å²) in [6.07, 6.45) is 3.63. The number of thiophene rings is 1. The van der Waals surface area contributed by atoms with Crippen LogP contribution in [0.3, 0.4) is 0 Å². The minimum atomic E-state index is -0.628. The minimum Gasteiger partial charge on any atom is -0.346 e. The van der Waals surface area contributed by atoms with E-state index in [0.29, 0.717) is 12.2 Å². The van der Waals surface area contributed by atoms with Gasteiger partial charge in [-0.1, -0.05) is 24.1 Å². The van der Waals surface area contributed by atoms with Crippen LogP contribution in [0.4, 0.5) is 5.69 Å². The fraction of sp³-hybridized carbons (Fsp3) is 0.400. The zero-order valence-electron chi connectivity index (χ0n) is 15.0. The van der Waals surface area contributed by atoms with Gasteiger partial charge in [0.1, 0.15) is 0 Å². The van der Waals surface area contributed by atoms with Crippen molar-refractivity contribution in [2.24, 2.45) is 0 Å². The van der Waals surface area contributed by atoms with E-state index in [1.165, 1.54) is 24.8 Å². The number of aryl methyl sites for hydroxylation is 1. The Hall–Kier alpha value is -2.18. The van der Waals surface area contributed by atoms with Crippen molar-refractivity contribution in [3.63, 3.8) is 0 Å². The van der Waals surface area contributed by atoms with Gasteiger partial charge in [0.05, 0.1) is 6.04 Å². The highest BCUT2D eigenvalue weighted by molar-refractivity contribution is 7.08. The van der Waals surface area contributed by atoms with Gasteiger partial charge in [-0.05, 0) is 67.4 Å². The molecule has 0 aliphatic carbocycles. The summed E-state index contributed by atoms with van der Waals surface area (Å²) in [7, 11) is 0. The van der Waals surface area contributed by atoms with Crippen LogP contribution >= 0.6 is 11.3 Å². The van der Waals surface area contributed by atoms with Gasteiger partial charge in [-0.3, -0.25) is 14.5 Å². The van der Waals surface area contributed by atoms with Gasteiger partial charge in [0.15, 0.2) is 0 Å². The molecule has 3 rings (SSSR count). The second-order valence-electron chi connectivity index (χ2n) is 6.70. The highest BCUT2D eigenvalue weighted by Crippen LogP contribution is 2.25. The lowest BCUT2D eigenvalue weighted by molar-refractivity contribution is -0.136. The van der Waals surface area contributed by atoms with Gasteiger partial charge in [0.2, 0.25) is 0 Å². The largest absolute Gasteiger partial charge is 0.346 e. The second kappa shape index (κ2) is 8.96. The zero-order valence-corrected chi connectivity index (χ0v) is 15.8. The number of hydrogen-bond donors (Lipinski definition) is 2. The molecule has 138 valence electrons. The number of benzene rings is 1. The summed E-state index contributed by atoms with van der Waals surface area (Å²) < 4.78 is 0. The molecule has 2 amide bonds. The smallest absolute Gasteiger partial charge is 0.313 e. The van der Waals surface area contributed by atoms with Crippen LogP contribution < -0.4 is 10.6 Å². The predicted molar refractivity (Wildman–Crippen MR) is 105 cm³/mol. The topological polar surface area (TPSA) is 61.4 Å². The molecule has 1 aliphatic heterocycles. The number of carbonyl (C=O) groups excluding carboxylic acids is 2. The number of likely N-dealkylation sites (tertiary alicyclic amines) is 1. The fourth-order valence-corrected chi connectivity index (χ4v) is 3.95. The van der Waals surface area contributed by atoms with Crippen LogP contribution in [-0.4, -0.2) is 36.3 Å². The van der Waals surface area contributed by atoms with Crippen molar-refractivity contribution in [3.05, 3.63) is 52.2 Å². The fourth-order valence-electron chi connectivity index (χ4n) is 3.25. The van der Waals surface area contributed by atoms with Gasteiger partial charge in [-0.25, -0.2) is 0 Å². The SMILES string of the molecule is Cc1ccc(NC(=O)C(=O)NCC(c2ccsc2)N2CCCCC2)cc1. The maximum Gasteiger partial charge on any atom is 0.313 e. The maximum atomic E-state index is 12.2. The molecule has 2 N–H and O–H groups in total. The number of piperidine rings is 1. The summed E-state index contributed by atoms with van der Waals surface area (Å²) in [6.45, 7) is 4.48. The standard InChI is InChI=1S/C20H25N3O2S/c1-15-5-7-17(8-6-15)22-20(25)19(24)21-13-18(16-9-12-26-14-16)23-10-3-2-4-11-23/h5-9,12,14,18H,2-4,10-11,13H2,1H3,(H,21,24)(H,22,25). The van der Waals surface area contributed by atoms with Gasteiger partial charge < -0.3 is 10.6 Å². The van der Waals surface area contributed by atoms with Crippen molar-refractivity contribution in [1.82, 2.24) is 10.2 Å². The molecule has 0 spiro atoms. The lowest BCUT2D eigenvalue weighted by atomic mass is 10.0. The van der Waals surface area contributed by atoms with E-state index in [2.05, 4.69) is 32.4 Å². The number of anilines is 1. The number of nitrogens with one attached hydrogen (secondary N) is 2. The first-order valence-corrected chi connectivity index (χ1v) is 10.00. The van der Waals surface area contributed by atoms with Gasteiger partial charge in [0, 0.05) is 12.2 Å². The molecule has 6 heteroatoms.